The molecule has 0 saturated carbocycles. The summed E-state index contributed by atoms with van der Waals surface area (Å²) in [6.45, 7) is -0.344. The quantitative estimate of drug-likeness (QED) is 0.728. The summed E-state index contributed by atoms with van der Waals surface area (Å²) < 4.78 is 23.3. The van der Waals surface area contributed by atoms with Crippen molar-refractivity contribution in [2.45, 2.75) is 6.61 Å². The molecule has 14 heavy (non-hydrogen) atoms. The number of anilines is 1. The molecule has 1 aromatic rings. The number of sulfonamides is 1. The van der Waals surface area contributed by atoms with Crippen molar-refractivity contribution >= 4 is 15.8 Å². The van der Waals surface area contributed by atoms with Gasteiger partial charge in [-0.25, -0.2) is 13.4 Å². The summed E-state index contributed by atoms with van der Waals surface area (Å²) in [5.74, 6) is 0.150. The Bertz CT molecular complexity index is 418. The van der Waals surface area contributed by atoms with Gasteiger partial charge in [0.2, 0.25) is 10.0 Å². The van der Waals surface area contributed by atoms with Crippen molar-refractivity contribution in [3.8, 4) is 0 Å². The first kappa shape index (κ1) is 10.9. The highest BCUT2D eigenvalue weighted by Gasteiger charge is 2.16. The molecule has 7 heteroatoms. The maximum Gasteiger partial charge on any atom is 0.233 e. The lowest BCUT2D eigenvalue weighted by molar-refractivity contribution is 0.277. The Morgan fingerprint density at radius 2 is 2.00 bits per heavy atom. The van der Waals surface area contributed by atoms with Crippen LogP contribution < -0.4 is 4.31 Å². The summed E-state index contributed by atoms with van der Waals surface area (Å²) in [5.41, 5.74) is 0.237. The molecule has 78 valence electrons. The molecular formula is C7H11N3O3S. The van der Waals surface area contributed by atoms with Crippen LogP contribution in [0.3, 0.4) is 0 Å². The van der Waals surface area contributed by atoms with E-state index in [2.05, 4.69) is 9.97 Å². The van der Waals surface area contributed by atoms with Gasteiger partial charge in [0.1, 0.15) is 5.69 Å². The van der Waals surface area contributed by atoms with Crippen LogP contribution in [-0.2, 0) is 16.6 Å². The lowest BCUT2D eigenvalue weighted by atomic mass is 10.4. The zero-order valence-electron chi connectivity index (χ0n) is 7.88. The maximum absolute atomic E-state index is 11.2. The highest BCUT2D eigenvalue weighted by molar-refractivity contribution is 7.92. The van der Waals surface area contributed by atoms with Crippen LogP contribution in [0.25, 0.3) is 0 Å². The predicted molar refractivity (Wildman–Crippen MR) is 51.2 cm³/mol. The Morgan fingerprint density at radius 1 is 1.43 bits per heavy atom. The number of aliphatic hydroxyl groups is 1. The van der Waals surface area contributed by atoms with Crippen LogP contribution in [-0.4, -0.2) is 36.8 Å². The summed E-state index contributed by atoms with van der Waals surface area (Å²) in [6.07, 6.45) is 3.82. The zero-order valence-corrected chi connectivity index (χ0v) is 8.69. The zero-order chi connectivity index (χ0) is 10.8. The van der Waals surface area contributed by atoms with E-state index in [-0.39, 0.29) is 18.1 Å². The van der Waals surface area contributed by atoms with Crippen molar-refractivity contribution in [1.82, 2.24) is 9.97 Å². The van der Waals surface area contributed by atoms with Crippen LogP contribution in [0.2, 0.25) is 0 Å². The molecule has 0 aliphatic heterocycles. The molecule has 1 heterocycles. The van der Waals surface area contributed by atoms with Crippen LogP contribution in [0.1, 0.15) is 5.69 Å². The van der Waals surface area contributed by atoms with Crippen molar-refractivity contribution in [1.29, 1.82) is 0 Å². The van der Waals surface area contributed by atoms with E-state index >= 15 is 0 Å². The van der Waals surface area contributed by atoms with E-state index in [4.69, 9.17) is 5.11 Å². The van der Waals surface area contributed by atoms with Crippen LogP contribution in [0, 0.1) is 0 Å². The van der Waals surface area contributed by atoms with Gasteiger partial charge in [0.05, 0.1) is 12.9 Å². The van der Waals surface area contributed by atoms with E-state index in [9.17, 15) is 8.42 Å². The van der Waals surface area contributed by atoms with Gasteiger partial charge in [-0.05, 0) is 0 Å². The Hall–Kier alpha value is -1.21. The summed E-state index contributed by atoms with van der Waals surface area (Å²) in [7, 11) is -2.01. The van der Waals surface area contributed by atoms with E-state index in [1.165, 1.54) is 19.4 Å². The van der Waals surface area contributed by atoms with Crippen molar-refractivity contribution in [2.75, 3.05) is 17.6 Å². The summed E-state index contributed by atoms with van der Waals surface area (Å²) in [4.78, 5) is 7.65. The van der Waals surface area contributed by atoms with E-state index in [0.717, 1.165) is 10.6 Å². The first-order chi connectivity index (χ1) is 6.46. The monoisotopic (exact) mass is 217 g/mol. The topological polar surface area (TPSA) is 83.4 Å². The molecule has 0 unspecified atom stereocenters. The summed E-state index contributed by atoms with van der Waals surface area (Å²) in [5, 5.41) is 8.91. The highest BCUT2D eigenvalue weighted by Crippen LogP contribution is 2.15. The lowest BCUT2D eigenvalue weighted by Crippen LogP contribution is -2.27. The highest BCUT2D eigenvalue weighted by atomic mass is 32.2. The SMILES string of the molecule is CN(c1nccnc1CO)S(C)(=O)=O. The second-order valence-corrected chi connectivity index (χ2v) is 4.73. The smallest absolute Gasteiger partial charge is 0.233 e. The number of hydrogen-bond donors (Lipinski definition) is 1. The van der Waals surface area contributed by atoms with Crippen molar-refractivity contribution in [3.05, 3.63) is 18.1 Å². The second kappa shape index (κ2) is 3.89. The van der Waals surface area contributed by atoms with Gasteiger partial charge >= 0.3 is 0 Å². The van der Waals surface area contributed by atoms with Gasteiger partial charge in [-0.1, -0.05) is 0 Å². The molecule has 0 atom stereocenters. The Balaban J connectivity index is 3.19. The Kier molecular flexibility index (Phi) is 3.02. The normalized spacial score (nSPS) is 11.4. The van der Waals surface area contributed by atoms with E-state index in [1.807, 2.05) is 0 Å². The average Bonchev–Trinajstić information content (AvgIpc) is 2.15. The third-order valence-corrected chi connectivity index (χ3v) is 2.87. The fourth-order valence-corrected chi connectivity index (χ4v) is 1.36. The van der Waals surface area contributed by atoms with Crippen molar-refractivity contribution in [2.24, 2.45) is 0 Å². The number of nitrogens with zero attached hydrogens (tertiary/aromatic N) is 3. The number of aromatic nitrogens is 2. The third kappa shape index (κ3) is 2.18. The van der Waals surface area contributed by atoms with Crippen molar-refractivity contribution < 1.29 is 13.5 Å². The van der Waals surface area contributed by atoms with Gasteiger partial charge in [0.25, 0.3) is 0 Å². The molecule has 0 amide bonds. The average molecular weight is 217 g/mol. The molecule has 0 saturated heterocycles. The molecule has 0 fully saturated rings. The van der Waals surface area contributed by atoms with Gasteiger partial charge in [-0.15, -0.1) is 0 Å². The fraction of sp³-hybridized carbons (Fsp3) is 0.429. The van der Waals surface area contributed by atoms with E-state index in [1.54, 1.807) is 0 Å². The number of aliphatic hydroxyl groups excluding tert-OH is 1. The third-order valence-electron chi connectivity index (χ3n) is 1.70. The minimum absolute atomic E-state index is 0.150. The molecule has 0 spiro atoms. The van der Waals surface area contributed by atoms with Gasteiger partial charge in [0.15, 0.2) is 5.82 Å². The standard InChI is InChI=1S/C7H11N3O3S/c1-10(14(2,12)13)7-6(5-11)8-3-4-9-7/h3-4,11H,5H2,1-2H3. The molecule has 1 aromatic heterocycles. The Labute approximate surface area is 82.3 Å². The van der Waals surface area contributed by atoms with Crippen molar-refractivity contribution in [3.63, 3.8) is 0 Å². The van der Waals surface area contributed by atoms with Gasteiger partial charge in [-0.3, -0.25) is 9.29 Å². The van der Waals surface area contributed by atoms with Crippen LogP contribution in [0.4, 0.5) is 5.82 Å². The molecule has 1 rings (SSSR count). The predicted octanol–water partition coefficient (Wildman–Crippen LogP) is -0.635. The molecule has 0 aliphatic carbocycles. The molecule has 0 bridgehead atoms. The first-order valence-corrected chi connectivity index (χ1v) is 5.66. The minimum atomic E-state index is -3.37. The Morgan fingerprint density at radius 3 is 2.50 bits per heavy atom. The molecule has 1 N–H and O–H groups in total. The summed E-state index contributed by atoms with van der Waals surface area (Å²) >= 11 is 0. The largest absolute Gasteiger partial charge is 0.390 e. The van der Waals surface area contributed by atoms with Crippen LogP contribution >= 0.6 is 0 Å². The lowest BCUT2D eigenvalue weighted by Gasteiger charge is -2.16. The fourth-order valence-electron chi connectivity index (χ4n) is 0.891. The molecular weight excluding hydrogens is 206 g/mol. The molecule has 6 nitrogen and oxygen atoms in total. The second-order valence-electron chi connectivity index (χ2n) is 2.72. The van der Waals surface area contributed by atoms with Gasteiger partial charge in [-0.2, -0.15) is 0 Å². The number of rotatable bonds is 3. The maximum atomic E-state index is 11.2. The molecule has 0 aromatic carbocycles. The van der Waals surface area contributed by atoms with Crippen LogP contribution in [0.15, 0.2) is 12.4 Å². The summed E-state index contributed by atoms with van der Waals surface area (Å²) in [6, 6.07) is 0. The van der Waals surface area contributed by atoms with Crippen LogP contribution in [0.5, 0.6) is 0 Å². The van der Waals surface area contributed by atoms with E-state index < -0.39 is 10.0 Å². The molecule has 0 aliphatic rings. The van der Waals surface area contributed by atoms with E-state index in [0.29, 0.717) is 0 Å². The first-order valence-electron chi connectivity index (χ1n) is 3.81. The van der Waals surface area contributed by atoms with Gasteiger partial charge in [0, 0.05) is 19.4 Å². The minimum Gasteiger partial charge on any atom is -0.390 e. The van der Waals surface area contributed by atoms with Gasteiger partial charge < -0.3 is 5.11 Å². The number of hydrogen-bond acceptors (Lipinski definition) is 5. The molecule has 0 radical (unpaired) electrons.